The van der Waals surface area contributed by atoms with Gasteiger partial charge in [0.1, 0.15) is 0 Å². The monoisotopic (exact) mass is 88.1 g/mol. The lowest BCUT2D eigenvalue weighted by Gasteiger charge is -2.66. The summed E-state index contributed by atoms with van der Waals surface area (Å²) in [5.74, 6) is 0. The van der Waals surface area contributed by atoms with Gasteiger partial charge in [-0.3, -0.25) is 0 Å². The first-order valence-electron chi connectivity index (χ1n) is 2.33. The minimum absolute atomic E-state index is 0.519. The van der Waals surface area contributed by atoms with Crippen LogP contribution < -0.4 is 0 Å². The fourth-order valence-electron chi connectivity index (χ4n) is 0.257. The van der Waals surface area contributed by atoms with E-state index in [1.165, 1.54) is 0 Å². The van der Waals surface area contributed by atoms with Crippen molar-refractivity contribution >= 4 is 57.8 Å². The average Bonchev–Trinajstić information content (AvgIpc) is 1.64. The molecule has 0 rings (SSSR count). The van der Waals surface area contributed by atoms with Gasteiger partial charge in [-0.25, -0.2) is 0 Å². The first-order chi connectivity index (χ1) is 3.55. The highest BCUT2D eigenvalue weighted by Gasteiger charge is 1.63. The van der Waals surface area contributed by atoms with Crippen LogP contribution in [0.3, 0.4) is 0 Å². The maximum absolute atomic E-state index is 5.26. The van der Waals surface area contributed by atoms with Gasteiger partial charge in [-0.15, -0.1) is 0 Å². The summed E-state index contributed by atoms with van der Waals surface area (Å²) in [5.41, 5.74) is 0. The predicted octanol–water partition coefficient (Wildman–Crippen LogP) is -3.05. The lowest BCUT2D eigenvalue weighted by molar-refractivity contribution is 3.62. The summed E-state index contributed by atoms with van der Waals surface area (Å²) in [4.78, 5) is 0. The van der Waals surface area contributed by atoms with Gasteiger partial charge in [-0.2, -0.15) is 0 Å². The molecule has 29 valence electrons. The van der Waals surface area contributed by atoms with E-state index in [0.717, 1.165) is 0 Å². The highest BCUT2D eigenvalue weighted by molar-refractivity contribution is 7.89. The van der Waals surface area contributed by atoms with E-state index in [0.29, 0.717) is 0 Å². The molecule has 0 aromatic heterocycles. The maximum Gasteiger partial charge on any atom is -0.372 e. The van der Waals surface area contributed by atoms with Crippen molar-refractivity contribution in [1.82, 2.24) is 0 Å². The minimum atomic E-state index is -0.630. The van der Waals surface area contributed by atoms with E-state index >= 15 is 0 Å². The predicted molar refractivity (Wildman–Crippen MR) is 46.0 cm³/mol. The Labute approximate surface area is 58.5 Å². The molecule has 0 bridgehead atoms. The molecule has 0 unspecified atom stereocenters. The smallest absolute Gasteiger partial charge is 0.372 e. The van der Waals surface area contributed by atoms with E-state index in [2.05, 4.69) is 0 Å². The largest absolute Gasteiger partial charge is 0.732 e. The maximum atomic E-state index is 5.26. The number of hydrogen-bond acceptors (Lipinski definition) is 0. The molecule has 15 radical (unpaired) electrons. The molecule has 8 heteroatoms. The third kappa shape index (κ3) is 2.74. The molecule has 0 aromatic carbocycles. The lowest BCUT2D eigenvalue weighted by Crippen LogP contribution is -2.52. The Morgan fingerprint density at radius 3 is 0.875 bits per heavy atom. The fraction of sp³-hybridized carbons (Fsp3) is 0. The van der Waals surface area contributed by atoms with Crippen LogP contribution in [0.2, 0.25) is 0 Å². The van der Waals surface area contributed by atoms with Crippen molar-refractivity contribution in [1.29, 1.82) is 0 Å². The molecule has 0 aliphatic carbocycles. The molecule has 0 N–H and O–H groups in total. The molecule has 8 heavy (non-hydrogen) atoms. The van der Waals surface area contributed by atoms with Crippen molar-refractivity contribution in [3.05, 3.63) is 0 Å². The van der Waals surface area contributed by atoms with Crippen LogP contribution in [-0.2, 0) is 0 Å². The zero-order valence-electron chi connectivity index (χ0n) is 4.62. The van der Waals surface area contributed by atoms with Crippen molar-refractivity contribution in [3.63, 3.8) is 0 Å². The molecule has 0 aliphatic heterocycles. The number of hydrogen-bond donors (Lipinski definition) is 0. The summed E-state index contributed by atoms with van der Waals surface area (Å²) < 4.78 is 0. The van der Waals surface area contributed by atoms with Crippen LogP contribution in [-0.4, -0.2) is 57.8 Å². The average molecular weight is 86.5 g/mol. The zero-order valence-corrected chi connectivity index (χ0v) is 4.62. The molecule has 0 atom stereocenters. The van der Waals surface area contributed by atoms with Crippen LogP contribution in [0.15, 0.2) is 0 Å². The van der Waals surface area contributed by atoms with Crippen LogP contribution in [0.4, 0.5) is 0 Å². The Bertz CT molecular complexity index is 45.1. The molecule has 0 fully saturated rings. The van der Waals surface area contributed by atoms with Gasteiger partial charge in [0.2, 0.25) is 0 Å². The van der Waals surface area contributed by atoms with Gasteiger partial charge in [0, 0.05) is 0 Å². The SMILES string of the molecule is [B-]B([B-])B([B-])B([B-])[B-]. The van der Waals surface area contributed by atoms with Crippen molar-refractivity contribution < 1.29 is 0 Å². The highest BCUT2D eigenvalue weighted by atomic mass is 13.0. The third-order valence-corrected chi connectivity index (χ3v) is 0.889. The summed E-state index contributed by atoms with van der Waals surface area (Å²) in [6.45, 7) is 0. The molecule has 0 heterocycles. The number of rotatable bonds is 2. The molecule has 0 aliphatic rings. The van der Waals surface area contributed by atoms with Gasteiger partial charge < -0.3 is 57.8 Å². The van der Waals surface area contributed by atoms with E-state index in [-0.39, 0.29) is 0 Å². The van der Waals surface area contributed by atoms with Gasteiger partial charge >= 0.3 is 0 Å². The van der Waals surface area contributed by atoms with Gasteiger partial charge in [0.05, 0.1) is 0 Å². The first-order valence-corrected chi connectivity index (χ1v) is 2.33. The van der Waals surface area contributed by atoms with Gasteiger partial charge in [0.25, 0.3) is 0 Å². The molecule has 0 saturated heterocycles. The van der Waals surface area contributed by atoms with Crippen LogP contribution in [0, 0.1) is 0 Å². The van der Waals surface area contributed by atoms with E-state index < -0.39 is 19.2 Å². The van der Waals surface area contributed by atoms with Crippen molar-refractivity contribution in [2.45, 2.75) is 0 Å². The summed E-state index contributed by atoms with van der Waals surface area (Å²) in [5, 5.41) is 0. The van der Waals surface area contributed by atoms with Gasteiger partial charge in [-0.1, -0.05) is 0 Å². The first kappa shape index (κ1) is 8.52. The Hall–Kier alpha value is 0.519. The van der Waals surface area contributed by atoms with E-state index in [1.807, 2.05) is 0 Å². The molecule has 0 nitrogen and oxygen atoms in total. The van der Waals surface area contributed by atoms with Crippen molar-refractivity contribution in [2.24, 2.45) is 0 Å². The molecule has 0 spiro atoms. The zero-order chi connectivity index (χ0) is 6.73. The summed E-state index contributed by atoms with van der Waals surface area (Å²) in [7, 11) is 25.8. The van der Waals surface area contributed by atoms with E-state index in [4.69, 9.17) is 38.7 Å². The highest BCUT2D eigenvalue weighted by Crippen LogP contribution is 1.76. The lowest BCUT2D eigenvalue weighted by atomic mass is 8.68. The van der Waals surface area contributed by atoms with Crippen LogP contribution in [0.1, 0.15) is 0 Å². The van der Waals surface area contributed by atoms with Gasteiger partial charge in [0.15, 0.2) is 0 Å². The quantitative estimate of drug-likeness (QED) is 0.314. The van der Waals surface area contributed by atoms with Crippen LogP contribution in [0.5, 0.6) is 0 Å². The summed E-state index contributed by atoms with van der Waals surface area (Å²) in [6.07, 6.45) is -1.78. The van der Waals surface area contributed by atoms with Crippen molar-refractivity contribution in [3.8, 4) is 0 Å². The molecule has 0 amide bonds. The Kier molecular flexibility index (Phi) is 3.76. The van der Waals surface area contributed by atoms with Gasteiger partial charge in [-0.05, 0) is 0 Å². The minimum Gasteiger partial charge on any atom is -0.732 e. The standard InChI is InChI=1S/B8/c1-6(2)8(5)7(3)4/q-5. The van der Waals surface area contributed by atoms with E-state index in [9.17, 15) is 0 Å². The van der Waals surface area contributed by atoms with Crippen LogP contribution in [0.25, 0.3) is 0 Å². The second kappa shape index (κ2) is 3.53. The fourth-order valence-corrected chi connectivity index (χ4v) is 0.257. The summed E-state index contributed by atoms with van der Waals surface area (Å²) >= 11 is 0. The molecule has 0 saturated carbocycles. The molecule has 0 aromatic rings. The van der Waals surface area contributed by atoms with E-state index in [1.54, 1.807) is 0 Å². The molecular formula is B8-5. The topological polar surface area (TPSA) is 0 Å². The Balaban J connectivity index is 3.46. The Morgan fingerprint density at radius 2 is 0.875 bits per heavy atom. The normalized spacial score (nSPS) is 8.62. The summed E-state index contributed by atoms with van der Waals surface area (Å²) in [6, 6.07) is 0. The third-order valence-electron chi connectivity index (χ3n) is 0.889. The Morgan fingerprint density at radius 1 is 0.625 bits per heavy atom. The van der Waals surface area contributed by atoms with Crippen LogP contribution >= 0.6 is 0 Å². The molecular weight excluding hydrogens is 86.5 g/mol. The second-order valence-corrected chi connectivity index (χ2v) is 1.73. The second-order valence-electron chi connectivity index (χ2n) is 1.73. The van der Waals surface area contributed by atoms with Crippen molar-refractivity contribution in [2.75, 3.05) is 0 Å².